The number of rotatable bonds is 17. The molecule has 0 heterocycles. The molecule has 26 heavy (non-hydrogen) atoms. The molecule has 150 valence electrons. The lowest BCUT2D eigenvalue weighted by molar-refractivity contribution is -0.134. The summed E-state index contributed by atoms with van der Waals surface area (Å²) in [5.74, 6) is -2.37. The van der Waals surface area contributed by atoms with E-state index < -0.39 is 11.8 Å². The van der Waals surface area contributed by atoms with E-state index in [1.807, 2.05) is 0 Å². The van der Waals surface area contributed by atoms with Crippen molar-refractivity contribution in [3.63, 3.8) is 0 Å². The van der Waals surface area contributed by atoms with Gasteiger partial charge in [-0.1, -0.05) is 63.8 Å². The van der Waals surface area contributed by atoms with Crippen LogP contribution < -0.4 is 0 Å². The standard InChI is InChI=1S/C23H39FO2/c1-3-5-7-9-11-13-15-17-19-21(22(24)23(25)26)20-18-16-14-12-10-8-6-4-2/h11-14H,3-10,15-20H2,1-2H3,(H,25,26)/b13-11-,14-12-. The first-order valence-corrected chi connectivity index (χ1v) is 10.5. The van der Waals surface area contributed by atoms with Gasteiger partial charge in [-0.25, -0.2) is 4.79 Å². The highest BCUT2D eigenvalue weighted by Crippen LogP contribution is 2.21. The molecule has 0 fully saturated rings. The molecular weight excluding hydrogens is 327 g/mol. The number of hydrogen-bond donors (Lipinski definition) is 1. The zero-order chi connectivity index (χ0) is 19.5. The van der Waals surface area contributed by atoms with Crippen molar-refractivity contribution in [1.82, 2.24) is 0 Å². The lowest BCUT2D eigenvalue weighted by Gasteiger charge is -2.06. The number of carbonyl (C=O) groups is 1. The van der Waals surface area contributed by atoms with Crippen molar-refractivity contribution in [2.45, 2.75) is 104 Å². The highest BCUT2D eigenvalue weighted by atomic mass is 19.1. The van der Waals surface area contributed by atoms with Gasteiger partial charge in [0.2, 0.25) is 5.83 Å². The molecule has 0 rings (SSSR count). The molecular formula is C23H39FO2. The Kier molecular flexibility index (Phi) is 17.4. The maximum absolute atomic E-state index is 13.9. The molecule has 0 bridgehead atoms. The second kappa shape index (κ2) is 18.4. The average Bonchev–Trinajstić information content (AvgIpc) is 2.63. The first-order valence-electron chi connectivity index (χ1n) is 10.5. The quantitative estimate of drug-likeness (QED) is 0.161. The Morgan fingerprint density at radius 3 is 1.46 bits per heavy atom. The third-order valence-corrected chi connectivity index (χ3v) is 4.48. The fourth-order valence-electron chi connectivity index (χ4n) is 2.86. The number of halogens is 1. The van der Waals surface area contributed by atoms with E-state index in [9.17, 15) is 9.18 Å². The predicted molar refractivity (Wildman–Crippen MR) is 110 cm³/mol. The van der Waals surface area contributed by atoms with Gasteiger partial charge >= 0.3 is 5.97 Å². The van der Waals surface area contributed by atoms with Crippen LogP contribution in [0.15, 0.2) is 35.7 Å². The van der Waals surface area contributed by atoms with E-state index in [1.54, 1.807) is 0 Å². The first-order chi connectivity index (χ1) is 12.6. The molecule has 3 heteroatoms. The summed E-state index contributed by atoms with van der Waals surface area (Å²) in [6, 6.07) is 0. The highest BCUT2D eigenvalue weighted by Gasteiger charge is 2.13. The van der Waals surface area contributed by atoms with E-state index in [2.05, 4.69) is 38.2 Å². The van der Waals surface area contributed by atoms with Crippen molar-refractivity contribution in [2.75, 3.05) is 0 Å². The van der Waals surface area contributed by atoms with Gasteiger partial charge < -0.3 is 5.11 Å². The van der Waals surface area contributed by atoms with Crippen LogP contribution >= 0.6 is 0 Å². The molecule has 0 aromatic carbocycles. The van der Waals surface area contributed by atoms with E-state index in [0.717, 1.165) is 38.5 Å². The van der Waals surface area contributed by atoms with Crippen LogP contribution in [-0.2, 0) is 4.79 Å². The van der Waals surface area contributed by atoms with Gasteiger partial charge in [0.1, 0.15) is 0 Å². The minimum atomic E-state index is -1.43. The molecule has 0 saturated carbocycles. The number of carboxylic acids is 1. The van der Waals surface area contributed by atoms with Gasteiger partial charge in [0, 0.05) is 0 Å². The van der Waals surface area contributed by atoms with E-state index in [4.69, 9.17) is 5.11 Å². The fourth-order valence-corrected chi connectivity index (χ4v) is 2.86. The van der Waals surface area contributed by atoms with Crippen LogP contribution in [0.4, 0.5) is 4.39 Å². The van der Waals surface area contributed by atoms with Crippen LogP contribution in [-0.4, -0.2) is 11.1 Å². The lowest BCUT2D eigenvalue weighted by Crippen LogP contribution is -2.00. The van der Waals surface area contributed by atoms with Crippen molar-refractivity contribution in [2.24, 2.45) is 0 Å². The second-order valence-electron chi connectivity index (χ2n) is 6.94. The van der Waals surface area contributed by atoms with Crippen LogP contribution in [0, 0.1) is 0 Å². The molecule has 0 aromatic heterocycles. The minimum Gasteiger partial charge on any atom is -0.476 e. The van der Waals surface area contributed by atoms with Crippen LogP contribution in [0.3, 0.4) is 0 Å². The summed E-state index contributed by atoms with van der Waals surface area (Å²) in [5, 5.41) is 8.94. The van der Waals surface area contributed by atoms with Gasteiger partial charge in [-0.3, -0.25) is 0 Å². The Morgan fingerprint density at radius 2 is 1.12 bits per heavy atom. The zero-order valence-electron chi connectivity index (χ0n) is 16.9. The predicted octanol–water partition coefficient (Wildman–Crippen LogP) is 7.91. The molecule has 1 N–H and O–H groups in total. The Balaban J connectivity index is 4.11. The zero-order valence-corrected chi connectivity index (χ0v) is 16.9. The first kappa shape index (κ1) is 24.6. The van der Waals surface area contributed by atoms with Crippen molar-refractivity contribution in [3.8, 4) is 0 Å². The number of hydrogen-bond acceptors (Lipinski definition) is 1. The molecule has 0 atom stereocenters. The third-order valence-electron chi connectivity index (χ3n) is 4.48. The van der Waals surface area contributed by atoms with Crippen molar-refractivity contribution in [1.29, 1.82) is 0 Å². The summed E-state index contributed by atoms with van der Waals surface area (Å²) in [6.45, 7) is 4.38. The average molecular weight is 367 g/mol. The third kappa shape index (κ3) is 14.9. The summed E-state index contributed by atoms with van der Waals surface area (Å²) in [6.07, 6.45) is 22.8. The Bertz CT molecular complexity index is 407. The number of allylic oxidation sites excluding steroid dienone is 5. The topological polar surface area (TPSA) is 37.3 Å². The summed E-state index contributed by atoms with van der Waals surface area (Å²) in [5.41, 5.74) is 0.469. The molecule has 0 amide bonds. The van der Waals surface area contributed by atoms with Gasteiger partial charge in [0.15, 0.2) is 0 Å². The van der Waals surface area contributed by atoms with Crippen LogP contribution in [0.25, 0.3) is 0 Å². The normalized spacial score (nSPS) is 11.5. The van der Waals surface area contributed by atoms with Crippen molar-refractivity contribution < 1.29 is 14.3 Å². The van der Waals surface area contributed by atoms with Gasteiger partial charge in [-0.05, 0) is 69.8 Å². The molecule has 2 nitrogen and oxygen atoms in total. The largest absolute Gasteiger partial charge is 0.476 e. The number of unbranched alkanes of at least 4 members (excludes halogenated alkanes) is 8. The maximum Gasteiger partial charge on any atom is 0.364 e. The Morgan fingerprint density at radius 1 is 0.731 bits per heavy atom. The molecule has 0 saturated heterocycles. The summed E-state index contributed by atoms with van der Waals surface area (Å²) in [4.78, 5) is 11.0. The Labute approximate surface area is 160 Å². The second-order valence-corrected chi connectivity index (χ2v) is 6.94. The molecule has 0 unspecified atom stereocenters. The number of aliphatic carboxylic acids is 1. The van der Waals surface area contributed by atoms with E-state index >= 15 is 0 Å². The van der Waals surface area contributed by atoms with E-state index in [-0.39, 0.29) is 0 Å². The van der Waals surface area contributed by atoms with E-state index in [0.29, 0.717) is 18.4 Å². The van der Waals surface area contributed by atoms with Crippen molar-refractivity contribution in [3.05, 3.63) is 35.7 Å². The van der Waals surface area contributed by atoms with Gasteiger partial charge in [-0.2, -0.15) is 4.39 Å². The van der Waals surface area contributed by atoms with Crippen molar-refractivity contribution >= 4 is 5.97 Å². The molecule has 0 aliphatic rings. The van der Waals surface area contributed by atoms with Gasteiger partial charge in [-0.15, -0.1) is 0 Å². The molecule has 0 aromatic rings. The molecule has 0 aliphatic carbocycles. The lowest BCUT2D eigenvalue weighted by atomic mass is 10.0. The molecule has 0 spiro atoms. The maximum atomic E-state index is 13.9. The summed E-state index contributed by atoms with van der Waals surface area (Å²) >= 11 is 0. The molecule has 0 aliphatic heterocycles. The molecule has 0 radical (unpaired) electrons. The highest BCUT2D eigenvalue weighted by molar-refractivity contribution is 5.84. The fraction of sp³-hybridized carbons (Fsp3) is 0.696. The SMILES string of the molecule is CCCCC/C=C\CCCC(CCC/C=C\CCCCC)=C(F)C(=O)O. The number of carboxylic acid groups (broad SMARTS) is 1. The smallest absolute Gasteiger partial charge is 0.364 e. The van der Waals surface area contributed by atoms with Crippen LogP contribution in [0.1, 0.15) is 104 Å². The van der Waals surface area contributed by atoms with Crippen LogP contribution in [0.5, 0.6) is 0 Å². The summed E-state index contributed by atoms with van der Waals surface area (Å²) in [7, 11) is 0. The summed E-state index contributed by atoms with van der Waals surface area (Å²) < 4.78 is 13.9. The van der Waals surface area contributed by atoms with Gasteiger partial charge in [0.05, 0.1) is 0 Å². The van der Waals surface area contributed by atoms with Gasteiger partial charge in [0.25, 0.3) is 0 Å². The minimum absolute atomic E-state index is 0.469. The monoisotopic (exact) mass is 366 g/mol. The van der Waals surface area contributed by atoms with E-state index in [1.165, 1.54) is 38.5 Å². The van der Waals surface area contributed by atoms with Crippen LogP contribution in [0.2, 0.25) is 0 Å². The Hall–Kier alpha value is -1.38.